The van der Waals surface area contributed by atoms with Crippen molar-refractivity contribution >= 4 is 59.4 Å². The Morgan fingerprint density at radius 2 is 1.73 bits per heavy atom. The van der Waals surface area contributed by atoms with Gasteiger partial charge in [-0.2, -0.15) is 0 Å². The largest absolute Gasteiger partial charge is 0.394 e. The van der Waals surface area contributed by atoms with Crippen LogP contribution in [0.25, 0.3) is 21.7 Å². The van der Waals surface area contributed by atoms with Crippen LogP contribution in [0.1, 0.15) is 13.3 Å². The highest BCUT2D eigenvalue weighted by molar-refractivity contribution is 9.10. The van der Waals surface area contributed by atoms with E-state index in [4.69, 9.17) is 4.98 Å². The minimum atomic E-state index is -0.000662. The third-order valence-corrected chi connectivity index (χ3v) is 4.76. The molecule has 0 aliphatic rings. The van der Waals surface area contributed by atoms with E-state index in [0.717, 1.165) is 42.9 Å². The number of aliphatic hydroxyl groups is 1. The lowest BCUT2D eigenvalue weighted by Crippen LogP contribution is -2.23. The van der Waals surface area contributed by atoms with Gasteiger partial charge in [0.25, 0.3) is 0 Å². The van der Waals surface area contributed by atoms with Crippen LogP contribution in [0.5, 0.6) is 0 Å². The van der Waals surface area contributed by atoms with Gasteiger partial charge in [0, 0.05) is 19.7 Å². The molecule has 114 valence electrons. The van der Waals surface area contributed by atoms with Gasteiger partial charge in [-0.1, -0.05) is 50.9 Å². The molecule has 0 saturated heterocycles. The van der Waals surface area contributed by atoms with E-state index in [-0.39, 0.29) is 12.6 Å². The average molecular weight is 424 g/mol. The molecule has 1 atom stereocenters. The Labute approximate surface area is 146 Å². The predicted octanol–water partition coefficient (Wildman–Crippen LogP) is 5.10. The summed E-state index contributed by atoms with van der Waals surface area (Å²) in [5.41, 5.74) is 0.930. The first-order chi connectivity index (χ1) is 10.6. The van der Waals surface area contributed by atoms with Gasteiger partial charge in [0.2, 0.25) is 0 Å². The normalized spacial score (nSPS) is 12.7. The van der Waals surface area contributed by atoms with Crippen molar-refractivity contribution in [1.29, 1.82) is 0 Å². The van der Waals surface area contributed by atoms with Gasteiger partial charge in [-0.15, -0.1) is 0 Å². The molecule has 3 rings (SSSR count). The van der Waals surface area contributed by atoms with Crippen molar-refractivity contribution in [3.8, 4) is 0 Å². The molecule has 0 bridgehead atoms. The summed E-state index contributed by atoms with van der Waals surface area (Å²) in [7, 11) is 0. The van der Waals surface area contributed by atoms with Gasteiger partial charge in [0.05, 0.1) is 18.2 Å². The fourth-order valence-electron chi connectivity index (χ4n) is 2.53. The van der Waals surface area contributed by atoms with Gasteiger partial charge in [-0.05, 0) is 36.1 Å². The Balaban J connectivity index is 2.29. The van der Waals surface area contributed by atoms with Crippen LogP contribution in [0.4, 0.5) is 5.82 Å². The number of aromatic nitrogens is 1. The van der Waals surface area contributed by atoms with Crippen molar-refractivity contribution in [3.05, 3.63) is 45.3 Å². The molecule has 1 heterocycles. The van der Waals surface area contributed by atoms with Crippen LogP contribution in [0.15, 0.2) is 45.3 Å². The first-order valence-corrected chi connectivity index (χ1v) is 8.77. The molecule has 0 aliphatic heterocycles. The molecule has 3 aromatic rings. The van der Waals surface area contributed by atoms with E-state index < -0.39 is 0 Å². The Hall–Kier alpha value is -1.17. The Bertz CT molecular complexity index is 832. The molecule has 2 aromatic carbocycles. The standard InChI is InChI=1S/C17H16Br2N2O/c1-2-12(9-22)20-17-15-7-10(18)3-5-13(15)14-6-4-11(19)8-16(14)21-17/h3-8,12,22H,2,9H2,1H3,(H,20,21). The summed E-state index contributed by atoms with van der Waals surface area (Å²) < 4.78 is 2.02. The molecule has 0 saturated carbocycles. The van der Waals surface area contributed by atoms with E-state index >= 15 is 0 Å². The summed E-state index contributed by atoms with van der Waals surface area (Å²) >= 11 is 7.03. The van der Waals surface area contributed by atoms with Gasteiger partial charge in [0.1, 0.15) is 5.82 Å². The van der Waals surface area contributed by atoms with Gasteiger partial charge in [-0.25, -0.2) is 4.98 Å². The van der Waals surface area contributed by atoms with Crippen molar-refractivity contribution in [2.24, 2.45) is 0 Å². The number of nitrogens with zero attached hydrogens (tertiary/aromatic N) is 1. The molecule has 0 fully saturated rings. The van der Waals surface area contributed by atoms with Crippen molar-refractivity contribution < 1.29 is 5.11 Å². The number of anilines is 1. The summed E-state index contributed by atoms with van der Waals surface area (Å²) in [5, 5.41) is 16.1. The topological polar surface area (TPSA) is 45.1 Å². The average Bonchev–Trinajstić information content (AvgIpc) is 2.52. The van der Waals surface area contributed by atoms with Crippen LogP contribution < -0.4 is 5.32 Å². The Kier molecular flexibility index (Phi) is 4.66. The van der Waals surface area contributed by atoms with Gasteiger partial charge >= 0.3 is 0 Å². The second-order valence-corrected chi connectivity index (χ2v) is 7.08. The maximum Gasteiger partial charge on any atom is 0.134 e. The minimum Gasteiger partial charge on any atom is -0.394 e. The quantitative estimate of drug-likeness (QED) is 0.574. The predicted molar refractivity (Wildman–Crippen MR) is 99.4 cm³/mol. The summed E-state index contributed by atoms with van der Waals surface area (Å²) in [6.07, 6.45) is 0.837. The molecule has 3 nitrogen and oxygen atoms in total. The van der Waals surface area contributed by atoms with E-state index in [1.165, 1.54) is 0 Å². The van der Waals surface area contributed by atoms with E-state index in [1.807, 2.05) is 25.1 Å². The highest BCUT2D eigenvalue weighted by Crippen LogP contribution is 2.33. The van der Waals surface area contributed by atoms with Crippen LogP contribution in [-0.4, -0.2) is 22.7 Å². The first-order valence-electron chi connectivity index (χ1n) is 7.18. The zero-order valence-electron chi connectivity index (χ0n) is 12.1. The fourth-order valence-corrected chi connectivity index (χ4v) is 3.24. The number of fused-ring (bicyclic) bond motifs is 3. The SMILES string of the molecule is CCC(CO)Nc1nc2cc(Br)ccc2c2ccc(Br)cc12. The lowest BCUT2D eigenvalue weighted by Gasteiger charge is -2.17. The summed E-state index contributed by atoms with van der Waals surface area (Å²) in [6, 6.07) is 12.3. The molecule has 2 N–H and O–H groups in total. The van der Waals surface area contributed by atoms with E-state index in [2.05, 4.69) is 55.4 Å². The zero-order chi connectivity index (χ0) is 15.7. The zero-order valence-corrected chi connectivity index (χ0v) is 15.3. The lowest BCUT2D eigenvalue weighted by atomic mass is 10.1. The number of benzene rings is 2. The number of rotatable bonds is 4. The van der Waals surface area contributed by atoms with Gasteiger partial charge in [0.15, 0.2) is 0 Å². The minimum absolute atomic E-state index is 0.000662. The monoisotopic (exact) mass is 422 g/mol. The summed E-state index contributed by atoms with van der Waals surface area (Å²) in [4.78, 5) is 4.77. The third-order valence-electron chi connectivity index (χ3n) is 3.77. The van der Waals surface area contributed by atoms with Gasteiger partial charge in [-0.3, -0.25) is 0 Å². The fraction of sp³-hybridized carbons (Fsp3) is 0.235. The van der Waals surface area contributed by atoms with Crippen molar-refractivity contribution in [3.63, 3.8) is 0 Å². The number of nitrogens with one attached hydrogen (secondary N) is 1. The van der Waals surface area contributed by atoms with E-state index in [1.54, 1.807) is 0 Å². The summed E-state index contributed by atoms with van der Waals surface area (Å²) in [6.45, 7) is 2.13. The number of hydrogen-bond donors (Lipinski definition) is 2. The number of halogens is 2. The Morgan fingerprint density at radius 3 is 2.41 bits per heavy atom. The molecule has 5 heteroatoms. The lowest BCUT2D eigenvalue weighted by molar-refractivity contribution is 0.271. The van der Waals surface area contributed by atoms with Crippen LogP contribution in [-0.2, 0) is 0 Å². The van der Waals surface area contributed by atoms with Crippen LogP contribution in [0.3, 0.4) is 0 Å². The van der Waals surface area contributed by atoms with Crippen LogP contribution >= 0.6 is 31.9 Å². The molecule has 0 aliphatic carbocycles. The van der Waals surface area contributed by atoms with E-state index in [9.17, 15) is 5.11 Å². The summed E-state index contributed by atoms with van der Waals surface area (Å²) in [5.74, 6) is 0.808. The molecule has 0 amide bonds. The van der Waals surface area contributed by atoms with Crippen molar-refractivity contribution in [1.82, 2.24) is 4.98 Å². The molecule has 1 aromatic heterocycles. The number of hydrogen-bond acceptors (Lipinski definition) is 3. The highest BCUT2D eigenvalue weighted by Gasteiger charge is 2.12. The first kappa shape index (κ1) is 15.7. The smallest absolute Gasteiger partial charge is 0.134 e. The van der Waals surface area contributed by atoms with E-state index in [0.29, 0.717) is 0 Å². The molecule has 0 radical (unpaired) electrons. The molecule has 0 spiro atoms. The number of aliphatic hydroxyl groups excluding tert-OH is 1. The van der Waals surface area contributed by atoms with Crippen LogP contribution in [0, 0.1) is 0 Å². The Morgan fingerprint density at radius 1 is 1.05 bits per heavy atom. The van der Waals surface area contributed by atoms with Crippen LogP contribution in [0.2, 0.25) is 0 Å². The van der Waals surface area contributed by atoms with Gasteiger partial charge < -0.3 is 10.4 Å². The second-order valence-electron chi connectivity index (χ2n) is 5.24. The molecule has 22 heavy (non-hydrogen) atoms. The third kappa shape index (κ3) is 2.98. The molecular weight excluding hydrogens is 408 g/mol. The van der Waals surface area contributed by atoms with Crippen molar-refractivity contribution in [2.75, 3.05) is 11.9 Å². The highest BCUT2D eigenvalue weighted by atomic mass is 79.9. The number of pyridine rings is 1. The van der Waals surface area contributed by atoms with Crippen molar-refractivity contribution in [2.45, 2.75) is 19.4 Å². The second kappa shape index (κ2) is 6.52. The maximum absolute atomic E-state index is 9.46. The maximum atomic E-state index is 9.46. The molecular formula is C17H16Br2N2O. The molecule has 1 unspecified atom stereocenters.